The number of rotatable bonds is 5. The van der Waals surface area contributed by atoms with Crippen LogP contribution in [0, 0.1) is 11.8 Å². The second-order valence-corrected chi connectivity index (χ2v) is 5.23. The lowest BCUT2D eigenvalue weighted by atomic mass is 9.74. The van der Waals surface area contributed by atoms with Crippen LogP contribution in [0.1, 0.15) is 65.7 Å². The number of hydrogen-bond acceptors (Lipinski definition) is 2. The molecule has 1 fully saturated rings. The molecule has 0 aromatic heterocycles. The summed E-state index contributed by atoms with van der Waals surface area (Å²) in [6, 6.07) is 0. The predicted molar refractivity (Wildman–Crippen MR) is 66.3 cm³/mol. The van der Waals surface area contributed by atoms with E-state index >= 15 is 0 Å². The van der Waals surface area contributed by atoms with Crippen LogP contribution in [-0.2, 0) is 4.79 Å². The molecule has 2 nitrogen and oxygen atoms in total. The number of carbonyl (C=O) groups is 1. The minimum atomic E-state index is -1.05. The normalized spacial score (nSPS) is 26.8. The van der Waals surface area contributed by atoms with E-state index in [1.807, 2.05) is 13.8 Å². The van der Waals surface area contributed by atoms with Gasteiger partial charge in [0.1, 0.15) is 5.60 Å². The molecular formula is C14H26O2. The minimum absolute atomic E-state index is 0.104. The van der Waals surface area contributed by atoms with Crippen LogP contribution in [0.15, 0.2) is 0 Å². The molecule has 0 spiro atoms. The third-order valence-corrected chi connectivity index (χ3v) is 4.42. The highest BCUT2D eigenvalue weighted by Crippen LogP contribution is 2.34. The van der Waals surface area contributed by atoms with E-state index < -0.39 is 5.60 Å². The summed E-state index contributed by atoms with van der Waals surface area (Å²) in [5.41, 5.74) is -1.05. The van der Waals surface area contributed by atoms with Crippen molar-refractivity contribution in [2.75, 3.05) is 0 Å². The first-order valence-corrected chi connectivity index (χ1v) is 6.84. The average molecular weight is 226 g/mol. The van der Waals surface area contributed by atoms with Gasteiger partial charge in [-0.25, -0.2) is 0 Å². The lowest BCUT2D eigenvalue weighted by Crippen LogP contribution is -2.42. The van der Waals surface area contributed by atoms with E-state index in [0.717, 1.165) is 31.6 Å². The fourth-order valence-electron chi connectivity index (χ4n) is 2.81. The molecule has 1 saturated carbocycles. The summed E-state index contributed by atoms with van der Waals surface area (Å²) in [7, 11) is 0. The van der Waals surface area contributed by atoms with Gasteiger partial charge >= 0.3 is 0 Å². The second kappa shape index (κ2) is 5.81. The van der Waals surface area contributed by atoms with Gasteiger partial charge in [0.05, 0.1) is 0 Å². The van der Waals surface area contributed by atoms with E-state index in [0.29, 0.717) is 12.8 Å². The quantitative estimate of drug-likeness (QED) is 0.780. The zero-order valence-corrected chi connectivity index (χ0v) is 11.0. The Kier molecular flexibility index (Phi) is 4.97. The summed E-state index contributed by atoms with van der Waals surface area (Å²) in [5.74, 6) is 1.03. The van der Waals surface area contributed by atoms with Crippen LogP contribution in [0.25, 0.3) is 0 Å². The molecule has 2 heteroatoms. The number of hydrogen-bond donors (Lipinski definition) is 1. The fraction of sp³-hybridized carbons (Fsp3) is 0.929. The smallest absolute Gasteiger partial charge is 0.167 e. The van der Waals surface area contributed by atoms with E-state index in [4.69, 9.17) is 0 Å². The molecule has 0 aliphatic heterocycles. The van der Waals surface area contributed by atoms with Crippen LogP contribution in [0.5, 0.6) is 0 Å². The Labute approximate surface area is 99.4 Å². The maximum atomic E-state index is 12.2. The molecule has 0 radical (unpaired) electrons. The number of Topliss-reactive ketones (excluding diaryl/α,β-unsaturated/α-hetero) is 1. The van der Waals surface area contributed by atoms with Crippen molar-refractivity contribution in [1.82, 2.24) is 0 Å². The van der Waals surface area contributed by atoms with Gasteiger partial charge < -0.3 is 5.11 Å². The van der Waals surface area contributed by atoms with E-state index in [9.17, 15) is 9.90 Å². The van der Waals surface area contributed by atoms with Crippen molar-refractivity contribution in [1.29, 1.82) is 0 Å². The molecule has 1 aliphatic carbocycles. The highest BCUT2D eigenvalue weighted by Gasteiger charge is 2.38. The van der Waals surface area contributed by atoms with Gasteiger partial charge in [0.15, 0.2) is 5.78 Å². The van der Waals surface area contributed by atoms with Crippen LogP contribution in [0.4, 0.5) is 0 Å². The van der Waals surface area contributed by atoms with Crippen molar-refractivity contribution in [2.45, 2.75) is 71.3 Å². The largest absolute Gasteiger partial charge is 0.382 e. The molecule has 0 atom stereocenters. The Hall–Kier alpha value is -0.370. The summed E-state index contributed by atoms with van der Waals surface area (Å²) in [4.78, 5) is 12.2. The number of aliphatic hydroxyl groups is 1. The highest BCUT2D eigenvalue weighted by molar-refractivity contribution is 5.89. The Balaban J connectivity index is 2.56. The van der Waals surface area contributed by atoms with Gasteiger partial charge in [-0.05, 0) is 44.4 Å². The molecule has 1 N–H and O–H groups in total. The zero-order valence-electron chi connectivity index (χ0n) is 11.0. The van der Waals surface area contributed by atoms with Crippen molar-refractivity contribution in [3.8, 4) is 0 Å². The van der Waals surface area contributed by atoms with E-state index in [1.165, 1.54) is 6.42 Å². The van der Waals surface area contributed by atoms with Crippen molar-refractivity contribution < 1.29 is 9.90 Å². The predicted octanol–water partition coefficient (Wildman–Crippen LogP) is 3.32. The molecule has 0 aromatic rings. The SMILES string of the molecule is CCC1CCC(C(=O)C(O)(CC)CC)CC1. The van der Waals surface area contributed by atoms with Gasteiger partial charge in [-0.3, -0.25) is 4.79 Å². The van der Waals surface area contributed by atoms with Gasteiger partial charge in [0, 0.05) is 5.92 Å². The van der Waals surface area contributed by atoms with Gasteiger partial charge in [-0.15, -0.1) is 0 Å². The van der Waals surface area contributed by atoms with Crippen LogP contribution in [-0.4, -0.2) is 16.5 Å². The fourth-order valence-corrected chi connectivity index (χ4v) is 2.81. The third-order valence-electron chi connectivity index (χ3n) is 4.42. The summed E-state index contributed by atoms with van der Waals surface area (Å²) >= 11 is 0. The molecule has 0 aromatic carbocycles. The van der Waals surface area contributed by atoms with Gasteiger partial charge in [0.25, 0.3) is 0 Å². The molecule has 0 amide bonds. The standard InChI is InChI=1S/C14H26O2/c1-4-11-7-9-12(10-8-11)13(15)14(16,5-2)6-3/h11-12,16H,4-10H2,1-3H3. The first-order valence-electron chi connectivity index (χ1n) is 6.84. The molecule has 0 heterocycles. The minimum Gasteiger partial charge on any atom is -0.382 e. The third kappa shape index (κ3) is 2.85. The molecular weight excluding hydrogens is 200 g/mol. The van der Waals surface area contributed by atoms with Crippen molar-refractivity contribution >= 4 is 5.78 Å². The Morgan fingerprint density at radius 1 is 1.12 bits per heavy atom. The van der Waals surface area contributed by atoms with E-state index in [1.54, 1.807) is 0 Å². The maximum Gasteiger partial charge on any atom is 0.167 e. The van der Waals surface area contributed by atoms with Gasteiger partial charge in [-0.2, -0.15) is 0 Å². The molecule has 1 rings (SSSR count). The first kappa shape index (κ1) is 13.7. The van der Waals surface area contributed by atoms with E-state index in [2.05, 4.69) is 6.92 Å². The number of ketones is 1. The lowest BCUT2D eigenvalue weighted by molar-refractivity contribution is -0.143. The molecule has 16 heavy (non-hydrogen) atoms. The first-order chi connectivity index (χ1) is 7.57. The van der Waals surface area contributed by atoms with Crippen molar-refractivity contribution in [3.63, 3.8) is 0 Å². The number of carbonyl (C=O) groups excluding carboxylic acids is 1. The van der Waals surface area contributed by atoms with Crippen LogP contribution in [0.2, 0.25) is 0 Å². The summed E-state index contributed by atoms with van der Waals surface area (Å²) in [5, 5.41) is 10.2. The monoisotopic (exact) mass is 226 g/mol. The molecule has 1 aliphatic rings. The Morgan fingerprint density at radius 3 is 2.00 bits per heavy atom. The summed E-state index contributed by atoms with van der Waals surface area (Å²) < 4.78 is 0. The molecule has 0 saturated heterocycles. The van der Waals surface area contributed by atoms with Gasteiger partial charge in [0.2, 0.25) is 0 Å². The molecule has 94 valence electrons. The molecule has 0 unspecified atom stereocenters. The highest BCUT2D eigenvalue weighted by atomic mass is 16.3. The van der Waals surface area contributed by atoms with Crippen LogP contribution in [0.3, 0.4) is 0 Å². The van der Waals surface area contributed by atoms with Crippen molar-refractivity contribution in [3.05, 3.63) is 0 Å². The Morgan fingerprint density at radius 2 is 1.62 bits per heavy atom. The summed E-state index contributed by atoms with van der Waals surface area (Å²) in [6.45, 7) is 6.03. The maximum absolute atomic E-state index is 12.2. The van der Waals surface area contributed by atoms with Crippen LogP contribution < -0.4 is 0 Å². The van der Waals surface area contributed by atoms with Crippen molar-refractivity contribution in [2.24, 2.45) is 11.8 Å². The lowest BCUT2D eigenvalue weighted by Gasteiger charge is -2.33. The second-order valence-electron chi connectivity index (χ2n) is 5.23. The Bertz CT molecular complexity index is 223. The summed E-state index contributed by atoms with van der Waals surface area (Å²) in [6.07, 6.45) is 6.63. The topological polar surface area (TPSA) is 37.3 Å². The van der Waals surface area contributed by atoms with Gasteiger partial charge in [-0.1, -0.05) is 27.2 Å². The molecule has 0 bridgehead atoms. The zero-order chi connectivity index (χ0) is 12.2. The average Bonchev–Trinajstić information content (AvgIpc) is 2.37. The van der Waals surface area contributed by atoms with E-state index in [-0.39, 0.29) is 11.7 Å². The van der Waals surface area contributed by atoms with Crippen LogP contribution >= 0.6 is 0 Å².